The molecule has 0 spiro atoms. The fourth-order valence-electron chi connectivity index (χ4n) is 2.94. The third-order valence-electron chi connectivity index (χ3n) is 4.12. The first-order valence-electron chi connectivity index (χ1n) is 7.36. The van der Waals surface area contributed by atoms with Gasteiger partial charge in [-0.2, -0.15) is 0 Å². The number of hydrogen-bond acceptors (Lipinski definition) is 3. The maximum atomic E-state index is 9.97. The molecule has 2 aromatic rings. The van der Waals surface area contributed by atoms with Gasteiger partial charge in [-0.15, -0.1) is 24.8 Å². The predicted octanol–water partition coefficient (Wildman–Crippen LogP) is 4.30. The van der Waals surface area contributed by atoms with Gasteiger partial charge in [0.1, 0.15) is 0 Å². The molecule has 0 aliphatic carbocycles. The van der Waals surface area contributed by atoms with Gasteiger partial charge in [0.05, 0.1) is 23.5 Å². The number of piperidine rings is 1. The Morgan fingerprint density at radius 1 is 1.26 bits per heavy atom. The summed E-state index contributed by atoms with van der Waals surface area (Å²) >= 11 is 7.05. The summed E-state index contributed by atoms with van der Waals surface area (Å²) in [5, 5.41) is 13.4. The Balaban J connectivity index is 0.00000132. The van der Waals surface area contributed by atoms with Crippen molar-refractivity contribution in [3.63, 3.8) is 0 Å². The molecule has 0 radical (unpaired) electrons. The number of aryl methyl sites for hydroxylation is 1. The average Bonchev–Trinajstić information content (AvgIpc) is 2.84. The van der Waals surface area contributed by atoms with Crippen LogP contribution in [0, 0.1) is 0 Å². The molecule has 2 heterocycles. The largest absolute Gasteiger partial charge is 0.392 e. The molecule has 1 aromatic heterocycles. The highest BCUT2D eigenvalue weighted by molar-refractivity contribution is 9.13. The zero-order chi connectivity index (χ0) is 14.8. The number of hydrogen-bond donors (Lipinski definition) is 2. The number of aliphatic hydroxyl groups is 1. The van der Waals surface area contributed by atoms with E-state index in [-0.39, 0.29) is 37.0 Å². The molecule has 0 bridgehead atoms. The normalized spacial score (nSPS) is 20.8. The van der Waals surface area contributed by atoms with Gasteiger partial charge in [0, 0.05) is 21.5 Å². The molecule has 0 amide bonds. The van der Waals surface area contributed by atoms with Crippen LogP contribution < -0.4 is 5.32 Å². The van der Waals surface area contributed by atoms with E-state index in [0.29, 0.717) is 0 Å². The summed E-state index contributed by atoms with van der Waals surface area (Å²) in [7, 11) is 0. The Morgan fingerprint density at radius 2 is 2.00 bits per heavy atom. The molecule has 23 heavy (non-hydrogen) atoms. The SMILES string of the molecule is Cl.Cl.O[C@H]1CCCN[C@@H]1CCCn1cnc2cc(Br)c(Br)cc21. The lowest BCUT2D eigenvalue weighted by Crippen LogP contribution is -2.44. The molecule has 1 aliphatic rings. The minimum atomic E-state index is -0.191. The summed E-state index contributed by atoms with van der Waals surface area (Å²) < 4.78 is 4.25. The molecule has 3 rings (SSSR count). The second-order valence-electron chi connectivity index (χ2n) is 5.61. The molecule has 1 saturated heterocycles. The summed E-state index contributed by atoms with van der Waals surface area (Å²) in [4.78, 5) is 4.45. The van der Waals surface area contributed by atoms with Gasteiger partial charge in [-0.3, -0.25) is 0 Å². The second-order valence-corrected chi connectivity index (χ2v) is 7.31. The number of imidazole rings is 1. The van der Waals surface area contributed by atoms with Gasteiger partial charge in [-0.25, -0.2) is 4.98 Å². The van der Waals surface area contributed by atoms with E-state index in [0.717, 1.165) is 58.8 Å². The van der Waals surface area contributed by atoms with E-state index < -0.39 is 0 Å². The molecular formula is C15H21Br2Cl2N3O. The van der Waals surface area contributed by atoms with E-state index in [9.17, 15) is 5.11 Å². The van der Waals surface area contributed by atoms with E-state index in [2.05, 4.69) is 52.8 Å². The van der Waals surface area contributed by atoms with Crippen LogP contribution >= 0.6 is 56.7 Å². The van der Waals surface area contributed by atoms with Crippen LogP contribution in [0.25, 0.3) is 11.0 Å². The molecule has 130 valence electrons. The summed E-state index contributed by atoms with van der Waals surface area (Å²) in [5.41, 5.74) is 2.14. The van der Waals surface area contributed by atoms with Crippen molar-refractivity contribution in [2.45, 2.75) is 44.4 Å². The Morgan fingerprint density at radius 3 is 2.74 bits per heavy atom. The van der Waals surface area contributed by atoms with Crippen molar-refractivity contribution >= 4 is 67.7 Å². The van der Waals surface area contributed by atoms with E-state index in [4.69, 9.17) is 0 Å². The lowest BCUT2D eigenvalue weighted by molar-refractivity contribution is 0.0909. The predicted molar refractivity (Wildman–Crippen MR) is 106 cm³/mol. The zero-order valence-electron chi connectivity index (χ0n) is 12.5. The van der Waals surface area contributed by atoms with Crippen molar-refractivity contribution < 1.29 is 5.11 Å². The molecule has 2 atom stereocenters. The fraction of sp³-hybridized carbons (Fsp3) is 0.533. The van der Waals surface area contributed by atoms with Crippen molar-refractivity contribution in [1.29, 1.82) is 0 Å². The van der Waals surface area contributed by atoms with E-state index in [1.165, 1.54) is 0 Å². The van der Waals surface area contributed by atoms with Crippen LogP contribution in [0.3, 0.4) is 0 Å². The van der Waals surface area contributed by atoms with Crippen LogP contribution in [0.4, 0.5) is 0 Å². The highest BCUT2D eigenvalue weighted by atomic mass is 79.9. The Bertz CT molecular complexity index is 638. The second kappa shape index (κ2) is 9.59. The van der Waals surface area contributed by atoms with Crippen molar-refractivity contribution in [3.8, 4) is 0 Å². The maximum Gasteiger partial charge on any atom is 0.0958 e. The molecule has 1 fully saturated rings. The van der Waals surface area contributed by atoms with Gasteiger partial charge in [0.25, 0.3) is 0 Å². The molecule has 1 aromatic carbocycles. The van der Waals surface area contributed by atoms with Gasteiger partial charge < -0.3 is 15.0 Å². The highest BCUT2D eigenvalue weighted by Crippen LogP contribution is 2.28. The van der Waals surface area contributed by atoms with Crippen LogP contribution in [0.2, 0.25) is 0 Å². The molecule has 8 heteroatoms. The van der Waals surface area contributed by atoms with Crippen LogP contribution in [0.1, 0.15) is 25.7 Å². The summed E-state index contributed by atoms with van der Waals surface area (Å²) in [6.45, 7) is 1.95. The van der Waals surface area contributed by atoms with E-state index in [1.807, 2.05) is 12.4 Å². The van der Waals surface area contributed by atoms with Crippen molar-refractivity contribution in [1.82, 2.24) is 14.9 Å². The lowest BCUT2D eigenvalue weighted by atomic mass is 9.97. The Labute approximate surface area is 165 Å². The number of aromatic nitrogens is 2. The number of fused-ring (bicyclic) bond motifs is 1. The first-order chi connectivity index (χ1) is 10.1. The lowest BCUT2D eigenvalue weighted by Gasteiger charge is -2.29. The van der Waals surface area contributed by atoms with E-state index >= 15 is 0 Å². The number of benzene rings is 1. The average molecular weight is 490 g/mol. The molecular weight excluding hydrogens is 469 g/mol. The zero-order valence-corrected chi connectivity index (χ0v) is 17.3. The molecule has 4 nitrogen and oxygen atoms in total. The van der Waals surface area contributed by atoms with Gasteiger partial charge in [-0.05, 0) is 76.2 Å². The van der Waals surface area contributed by atoms with Crippen molar-refractivity contribution in [2.24, 2.45) is 0 Å². The third-order valence-corrected chi connectivity index (χ3v) is 5.97. The molecule has 0 saturated carbocycles. The van der Waals surface area contributed by atoms with Crippen molar-refractivity contribution in [3.05, 3.63) is 27.4 Å². The highest BCUT2D eigenvalue weighted by Gasteiger charge is 2.21. The number of nitrogens with zero attached hydrogens (tertiary/aromatic N) is 2. The van der Waals surface area contributed by atoms with E-state index in [1.54, 1.807) is 0 Å². The standard InChI is InChI=1S/C15H19Br2N3O.2ClH/c16-10-7-13-14(8-11(10)17)20(9-19-13)6-2-3-12-15(21)4-1-5-18-12;;/h7-9,12,15,18,21H,1-6H2;2*1H/t12-,15+;;/m1../s1. The first kappa shape index (κ1) is 21.2. The molecule has 0 unspecified atom stereocenters. The number of aliphatic hydroxyl groups excluding tert-OH is 1. The maximum absolute atomic E-state index is 9.97. The smallest absolute Gasteiger partial charge is 0.0958 e. The van der Waals surface area contributed by atoms with Gasteiger partial charge in [0.2, 0.25) is 0 Å². The van der Waals surface area contributed by atoms with Crippen LogP contribution in [0.15, 0.2) is 27.4 Å². The molecule has 1 aliphatic heterocycles. The third kappa shape index (κ3) is 5.06. The minimum Gasteiger partial charge on any atom is -0.392 e. The fourth-order valence-corrected chi connectivity index (χ4v) is 3.61. The summed E-state index contributed by atoms with van der Waals surface area (Å²) in [6.07, 6.45) is 5.74. The minimum absolute atomic E-state index is 0. The molecule has 2 N–H and O–H groups in total. The summed E-state index contributed by atoms with van der Waals surface area (Å²) in [6, 6.07) is 4.37. The Hall–Kier alpha value is 0.150. The quantitative estimate of drug-likeness (QED) is 0.673. The van der Waals surface area contributed by atoms with Crippen LogP contribution in [-0.2, 0) is 6.54 Å². The Kier molecular flexibility index (Phi) is 8.83. The number of rotatable bonds is 4. The monoisotopic (exact) mass is 487 g/mol. The summed E-state index contributed by atoms with van der Waals surface area (Å²) in [5.74, 6) is 0. The van der Waals surface area contributed by atoms with Gasteiger partial charge >= 0.3 is 0 Å². The number of halogens is 4. The topological polar surface area (TPSA) is 50.1 Å². The first-order valence-corrected chi connectivity index (χ1v) is 8.95. The van der Waals surface area contributed by atoms with Gasteiger partial charge in [0.15, 0.2) is 0 Å². The van der Waals surface area contributed by atoms with Crippen molar-refractivity contribution in [2.75, 3.05) is 6.54 Å². The van der Waals surface area contributed by atoms with Crippen LogP contribution in [-0.4, -0.2) is 33.3 Å². The van der Waals surface area contributed by atoms with Crippen LogP contribution in [0.5, 0.6) is 0 Å². The van der Waals surface area contributed by atoms with Gasteiger partial charge in [-0.1, -0.05) is 0 Å². The number of nitrogens with one attached hydrogen (secondary N) is 1.